The zero-order valence-electron chi connectivity index (χ0n) is 24.3. The number of halogens is 6. The number of benzene rings is 4. The first-order valence-electron chi connectivity index (χ1n) is 13.9. The Bertz CT molecular complexity index is 1730. The van der Waals surface area contributed by atoms with Gasteiger partial charge in [-0.05, 0) is 59.7 Å². The number of carbonyl (C=O) groups is 2. The van der Waals surface area contributed by atoms with Gasteiger partial charge in [-0.1, -0.05) is 106 Å². The Morgan fingerprint density at radius 2 is 1.02 bits per heavy atom. The first-order chi connectivity index (χ1) is 22.5. The number of hydrogen-bond donors (Lipinski definition) is 4. The molecule has 0 saturated heterocycles. The van der Waals surface area contributed by atoms with E-state index in [1.807, 2.05) is 0 Å². The van der Waals surface area contributed by atoms with Crippen molar-refractivity contribution in [2.24, 2.45) is 0 Å². The summed E-state index contributed by atoms with van der Waals surface area (Å²) in [5.41, 5.74) is 3.55. The monoisotopic (exact) mass is 768 g/mol. The van der Waals surface area contributed by atoms with Crippen LogP contribution in [0.5, 0.6) is 0 Å². The Balaban J connectivity index is 1.83. The van der Waals surface area contributed by atoms with E-state index in [1.165, 1.54) is 23.9 Å². The maximum Gasteiger partial charge on any atom is 0.244 e. The number of hydrogen-bond acceptors (Lipinski definition) is 5. The van der Waals surface area contributed by atoms with E-state index in [0.29, 0.717) is 73.3 Å². The second-order valence-corrected chi connectivity index (χ2v) is 13.3. The summed E-state index contributed by atoms with van der Waals surface area (Å²) in [6.45, 7) is -0.140. The molecule has 0 fully saturated rings. The van der Waals surface area contributed by atoms with Crippen LogP contribution in [0.1, 0.15) is 11.1 Å². The molecule has 0 spiro atoms. The van der Waals surface area contributed by atoms with Crippen molar-refractivity contribution in [2.75, 3.05) is 26.3 Å². The lowest BCUT2D eigenvalue weighted by Crippen LogP contribution is -2.24. The molecule has 4 aromatic carbocycles. The molecule has 0 radical (unpaired) electrons. The Labute approximate surface area is 306 Å². The lowest BCUT2D eigenvalue weighted by Gasteiger charge is -2.17. The van der Waals surface area contributed by atoms with Gasteiger partial charge in [0.25, 0.3) is 0 Å². The molecular weight excluding hydrogens is 745 g/mol. The van der Waals surface area contributed by atoms with Crippen LogP contribution in [0, 0.1) is 0 Å². The minimum Gasteiger partial charge on any atom is -0.395 e. The van der Waals surface area contributed by atoms with Gasteiger partial charge in [-0.15, -0.1) is 0 Å². The minimum atomic E-state index is -0.387. The van der Waals surface area contributed by atoms with Gasteiger partial charge >= 0.3 is 0 Å². The van der Waals surface area contributed by atoms with E-state index < -0.39 is 0 Å². The maximum atomic E-state index is 12.3. The molecule has 4 N–H and O–H groups in total. The van der Waals surface area contributed by atoms with Crippen molar-refractivity contribution in [2.45, 2.75) is 9.79 Å². The van der Waals surface area contributed by atoms with Crippen molar-refractivity contribution < 1.29 is 19.8 Å². The van der Waals surface area contributed by atoms with Gasteiger partial charge in [0.2, 0.25) is 11.8 Å². The zero-order valence-corrected chi connectivity index (χ0v) is 29.7. The molecule has 0 aliphatic carbocycles. The fourth-order valence-electron chi connectivity index (χ4n) is 4.44. The van der Waals surface area contributed by atoms with Gasteiger partial charge in [0, 0.05) is 77.4 Å². The third kappa shape index (κ3) is 9.70. The molecule has 0 aliphatic heterocycles. The van der Waals surface area contributed by atoms with Crippen LogP contribution in [-0.2, 0) is 9.59 Å². The summed E-state index contributed by atoms with van der Waals surface area (Å²) in [6, 6.07) is 17.3. The van der Waals surface area contributed by atoms with Gasteiger partial charge < -0.3 is 20.8 Å². The van der Waals surface area contributed by atoms with Crippen LogP contribution in [0.4, 0.5) is 0 Å². The fourth-order valence-corrected chi connectivity index (χ4v) is 7.11. The number of carbonyl (C=O) groups excluding carboxylic acids is 2. The van der Waals surface area contributed by atoms with Gasteiger partial charge in [-0.3, -0.25) is 9.59 Å². The van der Waals surface area contributed by atoms with Gasteiger partial charge in [0.1, 0.15) is 0 Å². The van der Waals surface area contributed by atoms with Crippen LogP contribution in [0.25, 0.3) is 34.4 Å². The third-order valence-corrected chi connectivity index (χ3v) is 9.77. The minimum absolute atomic E-state index is 0.116. The van der Waals surface area contributed by atoms with Gasteiger partial charge in [-0.25, -0.2) is 0 Å². The lowest BCUT2D eigenvalue weighted by molar-refractivity contribution is -0.117. The van der Waals surface area contributed by atoms with E-state index in [9.17, 15) is 9.59 Å². The van der Waals surface area contributed by atoms with Crippen molar-refractivity contribution in [3.05, 3.63) is 114 Å². The summed E-state index contributed by atoms with van der Waals surface area (Å²) in [5, 5.41) is 25.5. The molecular formula is C34H26Cl6N2O4S. The van der Waals surface area contributed by atoms with Crippen molar-refractivity contribution in [1.82, 2.24) is 10.6 Å². The predicted octanol–water partition coefficient (Wildman–Crippen LogP) is 9.34. The smallest absolute Gasteiger partial charge is 0.244 e. The molecule has 6 nitrogen and oxygen atoms in total. The topological polar surface area (TPSA) is 98.7 Å². The highest BCUT2D eigenvalue weighted by Gasteiger charge is 2.20. The van der Waals surface area contributed by atoms with Crippen molar-refractivity contribution in [1.29, 1.82) is 0 Å². The Morgan fingerprint density at radius 3 is 1.38 bits per heavy atom. The largest absolute Gasteiger partial charge is 0.395 e. The van der Waals surface area contributed by atoms with E-state index in [2.05, 4.69) is 10.6 Å². The third-order valence-electron chi connectivity index (χ3n) is 6.55. The van der Waals surface area contributed by atoms with Gasteiger partial charge in [0.05, 0.1) is 23.3 Å². The molecule has 0 aliphatic rings. The molecule has 47 heavy (non-hydrogen) atoms. The van der Waals surface area contributed by atoms with Gasteiger partial charge in [-0.2, -0.15) is 0 Å². The number of nitrogens with one attached hydrogen (secondary N) is 2. The Kier molecular flexibility index (Phi) is 13.9. The number of aliphatic hydroxyl groups is 2. The van der Waals surface area contributed by atoms with Crippen LogP contribution in [0.15, 0.2) is 82.6 Å². The second-order valence-electron chi connectivity index (χ2n) is 9.73. The number of rotatable bonds is 12. The summed E-state index contributed by atoms with van der Waals surface area (Å²) < 4.78 is 0. The molecule has 2 amide bonds. The molecule has 244 valence electrons. The Hall–Kier alpha value is -2.69. The summed E-state index contributed by atoms with van der Waals surface area (Å²) in [6.07, 6.45) is 5.91. The van der Waals surface area contributed by atoms with Crippen molar-refractivity contribution in [3.8, 4) is 22.3 Å². The quantitative estimate of drug-likeness (QED) is 0.108. The number of amides is 2. The summed E-state index contributed by atoms with van der Waals surface area (Å²) >= 11 is 41.1. The first-order valence-corrected chi connectivity index (χ1v) is 17.0. The summed E-state index contributed by atoms with van der Waals surface area (Å²) in [4.78, 5) is 25.8. The molecule has 0 heterocycles. The van der Waals surface area contributed by atoms with Crippen LogP contribution < -0.4 is 10.6 Å². The highest BCUT2D eigenvalue weighted by molar-refractivity contribution is 7.99. The second kappa shape index (κ2) is 17.6. The van der Waals surface area contributed by atoms with E-state index in [-0.39, 0.29) is 38.1 Å². The molecule has 0 saturated carbocycles. The first kappa shape index (κ1) is 37.1. The Morgan fingerprint density at radius 1 is 0.617 bits per heavy atom. The highest BCUT2D eigenvalue weighted by atomic mass is 35.5. The molecule has 0 unspecified atom stereocenters. The van der Waals surface area contributed by atoms with E-state index >= 15 is 0 Å². The standard InChI is InChI=1S/C34H26Cl6N2O4S/c35-21-5-7-23(25(37)17-21)31-19(3-11-29(45)41-13-15-43)1-9-27(33(31)39)47-28-10-2-20(4-12-30(46)42-14-16-44)32(34(28)40)24-8-6-22(36)18-26(24)38/h1-12,17-18,43-44H,13-16H2,(H,41,45)(H,42,46). The molecule has 0 atom stereocenters. The van der Waals surface area contributed by atoms with Crippen molar-refractivity contribution in [3.63, 3.8) is 0 Å². The fraction of sp³-hybridized carbons (Fsp3) is 0.118. The molecule has 0 bridgehead atoms. The average molecular weight is 771 g/mol. The van der Waals surface area contributed by atoms with E-state index in [4.69, 9.17) is 79.8 Å². The summed E-state index contributed by atoms with van der Waals surface area (Å²) in [7, 11) is 0. The lowest BCUT2D eigenvalue weighted by atomic mass is 9.99. The molecule has 13 heteroatoms. The normalized spacial score (nSPS) is 11.4. The predicted molar refractivity (Wildman–Crippen MR) is 196 cm³/mol. The maximum absolute atomic E-state index is 12.3. The SMILES string of the molecule is O=C(C=Cc1ccc(Sc2ccc(C=CC(=O)NCCO)c(-c3ccc(Cl)cc3Cl)c2Cl)c(Cl)c1-c1ccc(Cl)cc1Cl)NCCO. The number of aliphatic hydroxyl groups excluding tert-OH is 2. The van der Waals surface area contributed by atoms with Gasteiger partial charge in [0.15, 0.2) is 0 Å². The van der Waals surface area contributed by atoms with Crippen LogP contribution in [0.2, 0.25) is 30.1 Å². The zero-order chi connectivity index (χ0) is 34.1. The van der Waals surface area contributed by atoms with Crippen molar-refractivity contribution >= 4 is 105 Å². The molecule has 4 aromatic rings. The highest BCUT2D eigenvalue weighted by Crippen LogP contribution is 2.48. The van der Waals surface area contributed by atoms with Crippen LogP contribution >= 0.6 is 81.4 Å². The summed E-state index contributed by atoms with van der Waals surface area (Å²) in [5.74, 6) is -0.774. The van der Waals surface area contributed by atoms with Crippen LogP contribution in [-0.4, -0.2) is 48.3 Å². The van der Waals surface area contributed by atoms with E-state index in [1.54, 1.807) is 72.8 Å². The molecule has 4 rings (SSSR count). The van der Waals surface area contributed by atoms with Crippen LogP contribution in [0.3, 0.4) is 0 Å². The van der Waals surface area contributed by atoms with E-state index in [0.717, 1.165) is 0 Å². The molecule has 0 aromatic heterocycles. The average Bonchev–Trinajstić information content (AvgIpc) is 3.03.